The summed E-state index contributed by atoms with van der Waals surface area (Å²) in [5.41, 5.74) is 9.41. The molecule has 6 nitrogen and oxygen atoms in total. The van der Waals surface area contributed by atoms with Crippen LogP contribution >= 0.6 is 11.6 Å². The topological polar surface area (TPSA) is 80.8 Å². The molecule has 0 radical (unpaired) electrons. The maximum absolute atomic E-state index is 13.2. The smallest absolute Gasteiger partial charge is 0.232 e. The standard InChI is InChI=1S/C24H29ClN4O2/c1-15-7-8-17(14-27-15)12-18-5-4-6-20(22(18)25)24(3)13-21(30)29(23(26)28-24)19-9-10-31-16(2)11-19/h4-8,14,16,19H,9-13H2,1-3H3,(H2,26,28)/t16-,19-,24-/m0/s1. The summed E-state index contributed by atoms with van der Waals surface area (Å²) in [5, 5.41) is 0.628. The van der Waals surface area contributed by atoms with Crippen molar-refractivity contribution in [2.45, 2.75) is 64.1 Å². The summed E-state index contributed by atoms with van der Waals surface area (Å²) >= 11 is 6.84. The van der Waals surface area contributed by atoms with Gasteiger partial charge in [-0.25, -0.2) is 4.99 Å². The quantitative estimate of drug-likeness (QED) is 0.780. The van der Waals surface area contributed by atoms with Gasteiger partial charge in [0.05, 0.1) is 18.1 Å². The molecule has 1 saturated heterocycles. The summed E-state index contributed by atoms with van der Waals surface area (Å²) in [5.74, 6) is 0.250. The third-order valence-corrected chi connectivity index (χ3v) is 6.67. The second-order valence-corrected chi connectivity index (χ2v) is 9.19. The molecule has 4 rings (SSSR count). The molecule has 7 heteroatoms. The predicted octanol–water partition coefficient (Wildman–Crippen LogP) is 3.96. The fraction of sp³-hybridized carbons (Fsp3) is 0.458. The van der Waals surface area contributed by atoms with Crippen LogP contribution in [0.1, 0.15) is 55.5 Å². The Bertz CT molecular complexity index is 1010. The second kappa shape index (κ2) is 8.60. The van der Waals surface area contributed by atoms with E-state index in [1.54, 1.807) is 4.90 Å². The minimum atomic E-state index is -0.799. The highest BCUT2D eigenvalue weighted by molar-refractivity contribution is 6.32. The first-order chi connectivity index (χ1) is 14.8. The lowest BCUT2D eigenvalue weighted by atomic mass is 9.85. The highest BCUT2D eigenvalue weighted by Crippen LogP contribution is 2.40. The van der Waals surface area contributed by atoms with Crippen LogP contribution in [0.5, 0.6) is 0 Å². The number of benzene rings is 1. The van der Waals surface area contributed by atoms with E-state index in [1.165, 1.54) is 0 Å². The number of nitrogens with zero attached hydrogens (tertiary/aromatic N) is 3. The molecule has 0 spiro atoms. The number of aromatic nitrogens is 1. The Morgan fingerprint density at radius 2 is 2.13 bits per heavy atom. The number of nitrogens with two attached hydrogens (primary N) is 1. The second-order valence-electron chi connectivity index (χ2n) is 8.81. The maximum atomic E-state index is 13.2. The Hall–Kier alpha value is -2.44. The van der Waals surface area contributed by atoms with Crippen LogP contribution in [0.3, 0.4) is 0 Å². The minimum Gasteiger partial charge on any atom is -0.378 e. The predicted molar refractivity (Wildman–Crippen MR) is 122 cm³/mol. The van der Waals surface area contributed by atoms with Crippen molar-refractivity contribution in [1.82, 2.24) is 9.88 Å². The summed E-state index contributed by atoms with van der Waals surface area (Å²) in [4.78, 5) is 24.0. The lowest BCUT2D eigenvalue weighted by molar-refractivity contribution is -0.133. The van der Waals surface area contributed by atoms with E-state index in [9.17, 15) is 4.79 Å². The number of carbonyl (C=O) groups is 1. The highest BCUT2D eigenvalue weighted by Gasteiger charge is 2.42. The molecule has 1 fully saturated rings. The van der Waals surface area contributed by atoms with E-state index < -0.39 is 5.54 Å². The van der Waals surface area contributed by atoms with Crippen molar-refractivity contribution < 1.29 is 9.53 Å². The summed E-state index contributed by atoms with van der Waals surface area (Å²) < 4.78 is 5.62. The van der Waals surface area contributed by atoms with Crippen molar-refractivity contribution >= 4 is 23.5 Å². The van der Waals surface area contributed by atoms with Crippen LogP contribution in [0.25, 0.3) is 0 Å². The monoisotopic (exact) mass is 440 g/mol. The first-order valence-corrected chi connectivity index (χ1v) is 11.1. The SMILES string of the molecule is Cc1ccc(Cc2cccc([C@]3(C)CC(=O)N([C@H]4CCO[C@@H](C)C4)C(N)=N3)c2Cl)cn1. The molecule has 164 valence electrons. The van der Waals surface area contributed by atoms with E-state index in [0.29, 0.717) is 18.1 Å². The van der Waals surface area contributed by atoms with Crippen LogP contribution in [0.4, 0.5) is 0 Å². The molecule has 2 N–H and O–H groups in total. The van der Waals surface area contributed by atoms with Gasteiger partial charge >= 0.3 is 0 Å². The number of guanidine groups is 1. The Morgan fingerprint density at radius 1 is 1.32 bits per heavy atom. The number of halogens is 1. The van der Waals surface area contributed by atoms with E-state index in [4.69, 9.17) is 27.1 Å². The normalized spacial score (nSPS) is 26.6. The van der Waals surface area contributed by atoms with Gasteiger partial charge in [-0.15, -0.1) is 0 Å². The number of hydrogen-bond acceptors (Lipinski definition) is 5. The molecule has 0 aliphatic carbocycles. The number of carbonyl (C=O) groups excluding carboxylic acids is 1. The van der Waals surface area contributed by atoms with Crippen LogP contribution in [0.15, 0.2) is 41.5 Å². The largest absolute Gasteiger partial charge is 0.378 e. The van der Waals surface area contributed by atoms with Crippen molar-refractivity contribution in [1.29, 1.82) is 0 Å². The molecule has 0 bridgehead atoms. The summed E-state index contributed by atoms with van der Waals surface area (Å²) in [6, 6.07) is 9.98. The van der Waals surface area contributed by atoms with Crippen LogP contribution in [0, 0.1) is 6.92 Å². The van der Waals surface area contributed by atoms with E-state index >= 15 is 0 Å². The molecule has 2 aliphatic rings. The number of aliphatic imine (C=N–C) groups is 1. The van der Waals surface area contributed by atoms with Gasteiger partial charge in [-0.05, 0) is 56.4 Å². The van der Waals surface area contributed by atoms with Crippen molar-refractivity contribution in [2.75, 3.05) is 6.61 Å². The number of amides is 1. The molecule has 0 saturated carbocycles. The fourth-order valence-corrected chi connectivity index (χ4v) is 4.96. The third kappa shape index (κ3) is 4.46. The summed E-state index contributed by atoms with van der Waals surface area (Å²) in [7, 11) is 0. The Morgan fingerprint density at radius 3 is 2.81 bits per heavy atom. The van der Waals surface area contributed by atoms with Crippen LogP contribution < -0.4 is 5.73 Å². The molecule has 3 atom stereocenters. The van der Waals surface area contributed by atoms with Gasteiger partial charge < -0.3 is 10.5 Å². The molecular weight excluding hydrogens is 412 g/mol. The number of ether oxygens (including phenoxy) is 1. The zero-order valence-corrected chi connectivity index (χ0v) is 19.0. The average Bonchev–Trinajstić information content (AvgIpc) is 2.70. The number of hydrogen-bond donors (Lipinski definition) is 1. The molecule has 1 aromatic carbocycles. The molecule has 2 aliphatic heterocycles. The molecule has 1 aromatic heterocycles. The minimum absolute atomic E-state index is 0.0155. The maximum Gasteiger partial charge on any atom is 0.232 e. The molecule has 1 amide bonds. The van der Waals surface area contributed by atoms with Gasteiger partial charge in [-0.2, -0.15) is 0 Å². The van der Waals surface area contributed by atoms with Crippen LogP contribution in [-0.4, -0.2) is 40.5 Å². The Kier molecular flexibility index (Phi) is 6.04. The van der Waals surface area contributed by atoms with Crippen molar-refractivity contribution in [3.05, 3.63) is 63.9 Å². The Labute approximate surface area is 188 Å². The highest BCUT2D eigenvalue weighted by atomic mass is 35.5. The lowest BCUT2D eigenvalue weighted by Gasteiger charge is -2.41. The number of aryl methyl sites for hydroxylation is 1. The van der Waals surface area contributed by atoms with Crippen LogP contribution in [-0.2, 0) is 21.5 Å². The van der Waals surface area contributed by atoms with Crippen LogP contribution in [0.2, 0.25) is 5.02 Å². The number of rotatable bonds is 4. The van der Waals surface area contributed by atoms with Gasteiger partial charge in [-0.1, -0.05) is 35.9 Å². The first kappa shape index (κ1) is 21.8. The number of pyridine rings is 1. The third-order valence-electron chi connectivity index (χ3n) is 6.22. The lowest BCUT2D eigenvalue weighted by Crippen LogP contribution is -2.56. The van der Waals surface area contributed by atoms with E-state index in [-0.39, 0.29) is 30.4 Å². The summed E-state index contributed by atoms with van der Waals surface area (Å²) in [6.07, 6.45) is 4.40. The Balaban J connectivity index is 1.63. The zero-order valence-electron chi connectivity index (χ0n) is 18.3. The molecule has 31 heavy (non-hydrogen) atoms. The molecular formula is C24H29ClN4O2. The van der Waals surface area contributed by atoms with Crippen molar-refractivity contribution in [2.24, 2.45) is 10.7 Å². The average molecular weight is 441 g/mol. The molecule has 3 heterocycles. The fourth-order valence-electron chi connectivity index (χ4n) is 4.56. The zero-order chi connectivity index (χ0) is 22.2. The summed E-state index contributed by atoms with van der Waals surface area (Å²) in [6.45, 7) is 6.54. The van der Waals surface area contributed by atoms with Gasteiger partial charge in [0.1, 0.15) is 0 Å². The van der Waals surface area contributed by atoms with Gasteiger partial charge in [-0.3, -0.25) is 14.7 Å². The van der Waals surface area contributed by atoms with E-state index in [0.717, 1.165) is 35.2 Å². The molecule has 2 aromatic rings. The van der Waals surface area contributed by atoms with Gasteiger partial charge in [0.2, 0.25) is 5.91 Å². The van der Waals surface area contributed by atoms with Gasteiger partial charge in [0.15, 0.2) is 5.96 Å². The van der Waals surface area contributed by atoms with E-state index in [2.05, 4.69) is 11.1 Å². The van der Waals surface area contributed by atoms with Gasteiger partial charge in [0.25, 0.3) is 0 Å². The molecule has 0 unspecified atom stereocenters. The first-order valence-electron chi connectivity index (χ1n) is 10.8. The van der Waals surface area contributed by atoms with E-state index in [1.807, 2.05) is 51.2 Å². The van der Waals surface area contributed by atoms with Gasteiger partial charge in [0, 0.05) is 36.0 Å². The van der Waals surface area contributed by atoms with Crippen molar-refractivity contribution in [3.8, 4) is 0 Å². The van der Waals surface area contributed by atoms with Crippen molar-refractivity contribution in [3.63, 3.8) is 0 Å².